The molecule has 1 amide bonds. The molecule has 1 aromatic carbocycles. The van der Waals surface area contributed by atoms with Crippen LogP contribution in [-0.4, -0.2) is 49.6 Å². The van der Waals surface area contributed by atoms with Gasteiger partial charge in [0.15, 0.2) is 5.96 Å². The van der Waals surface area contributed by atoms with Crippen LogP contribution in [0.4, 0.5) is 0 Å². The molecule has 6 nitrogen and oxygen atoms in total. The minimum absolute atomic E-state index is 0.226. The maximum Gasteiger partial charge on any atom is 0.224 e. The van der Waals surface area contributed by atoms with Crippen LogP contribution in [0.5, 0.6) is 5.75 Å². The summed E-state index contributed by atoms with van der Waals surface area (Å²) in [6.45, 7) is 9.11. The van der Waals surface area contributed by atoms with E-state index in [-0.39, 0.29) is 5.91 Å². The Bertz CT molecular complexity index is 660. The molecule has 1 heterocycles. The highest BCUT2D eigenvalue weighted by molar-refractivity contribution is 5.81. The van der Waals surface area contributed by atoms with E-state index in [1.165, 1.54) is 12.0 Å². The van der Waals surface area contributed by atoms with Crippen molar-refractivity contribution in [1.82, 2.24) is 15.5 Å². The number of nitrogens with zero attached hydrogens (tertiary/aromatic N) is 2. The number of aliphatic imine (C=N–C) groups is 1. The van der Waals surface area contributed by atoms with Crippen LogP contribution in [0.15, 0.2) is 23.2 Å². The van der Waals surface area contributed by atoms with E-state index >= 15 is 0 Å². The van der Waals surface area contributed by atoms with Crippen LogP contribution in [0.1, 0.15) is 57.1 Å². The number of benzene rings is 1. The van der Waals surface area contributed by atoms with E-state index in [2.05, 4.69) is 54.6 Å². The molecular weight excluding hydrogens is 352 g/mol. The van der Waals surface area contributed by atoms with E-state index in [0.717, 1.165) is 37.1 Å². The Morgan fingerprint density at radius 2 is 2.14 bits per heavy atom. The average Bonchev–Trinajstić information content (AvgIpc) is 2.70. The van der Waals surface area contributed by atoms with E-state index in [1.807, 2.05) is 4.90 Å². The number of rotatable bonds is 8. The Morgan fingerprint density at radius 1 is 1.32 bits per heavy atom. The van der Waals surface area contributed by atoms with E-state index in [9.17, 15) is 4.79 Å². The van der Waals surface area contributed by atoms with E-state index < -0.39 is 0 Å². The van der Waals surface area contributed by atoms with E-state index in [4.69, 9.17) is 4.74 Å². The number of piperidine rings is 1. The Hall–Kier alpha value is -2.24. The van der Waals surface area contributed by atoms with Gasteiger partial charge in [-0.1, -0.05) is 19.1 Å². The smallest absolute Gasteiger partial charge is 0.224 e. The number of hydrogen-bond acceptors (Lipinski definition) is 3. The van der Waals surface area contributed by atoms with Crippen molar-refractivity contribution < 1.29 is 9.53 Å². The zero-order valence-electron chi connectivity index (χ0n) is 17.9. The van der Waals surface area contributed by atoms with Crippen LogP contribution in [-0.2, 0) is 11.3 Å². The van der Waals surface area contributed by atoms with Crippen molar-refractivity contribution in [2.75, 3.05) is 26.7 Å². The topological polar surface area (TPSA) is 66.0 Å². The molecule has 1 aliphatic heterocycles. The molecule has 0 bridgehead atoms. The predicted octanol–water partition coefficient (Wildman–Crippen LogP) is 3.24. The number of likely N-dealkylation sites (tertiary alicyclic amines) is 1. The summed E-state index contributed by atoms with van der Waals surface area (Å²) in [6.07, 6.45) is 4.92. The lowest BCUT2D eigenvalue weighted by Crippen LogP contribution is -2.44. The molecule has 6 heteroatoms. The molecule has 1 unspecified atom stereocenters. The molecule has 1 fully saturated rings. The summed E-state index contributed by atoms with van der Waals surface area (Å²) in [4.78, 5) is 18.7. The number of ether oxygens (including phenoxy) is 1. The van der Waals surface area contributed by atoms with Crippen LogP contribution >= 0.6 is 0 Å². The van der Waals surface area contributed by atoms with Crippen molar-refractivity contribution in [3.05, 3.63) is 29.3 Å². The fourth-order valence-corrected chi connectivity index (χ4v) is 3.45. The summed E-state index contributed by atoms with van der Waals surface area (Å²) in [5, 5.41) is 6.57. The summed E-state index contributed by atoms with van der Waals surface area (Å²) >= 11 is 0. The molecule has 1 aliphatic rings. The van der Waals surface area contributed by atoms with Crippen molar-refractivity contribution in [2.24, 2.45) is 4.99 Å². The Labute approximate surface area is 169 Å². The zero-order valence-corrected chi connectivity index (χ0v) is 17.9. The Balaban J connectivity index is 1.81. The minimum Gasteiger partial charge on any atom is -0.493 e. The quantitative estimate of drug-likeness (QED) is 0.530. The van der Waals surface area contributed by atoms with E-state index in [0.29, 0.717) is 38.1 Å². The van der Waals surface area contributed by atoms with Crippen LogP contribution in [0.2, 0.25) is 0 Å². The highest BCUT2D eigenvalue weighted by Crippen LogP contribution is 2.20. The summed E-state index contributed by atoms with van der Waals surface area (Å²) in [5.41, 5.74) is 2.28. The predicted molar refractivity (Wildman–Crippen MR) is 115 cm³/mol. The number of carbonyl (C=O) groups excluding carboxylic acids is 1. The highest BCUT2D eigenvalue weighted by Gasteiger charge is 2.22. The van der Waals surface area contributed by atoms with Gasteiger partial charge in [0.25, 0.3) is 0 Å². The largest absolute Gasteiger partial charge is 0.493 e. The van der Waals surface area contributed by atoms with Gasteiger partial charge in [0.1, 0.15) is 5.75 Å². The molecule has 0 radical (unpaired) electrons. The minimum atomic E-state index is 0.226. The van der Waals surface area contributed by atoms with Gasteiger partial charge in [0.05, 0.1) is 6.61 Å². The second-order valence-electron chi connectivity index (χ2n) is 7.49. The lowest BCUT2D eigenvalue weighted by atomic mass is 10.0. The van der Waals surface area contributed by atoms with Gasteiger partial charge in [-0.3, -0.25) is 9.79 Å². The van der Waals surface area contributed by atoms with Crippen LogP contribution in [0.3, 0.4) is 0 Å². The zero-order chi connectivity index (χ0) is 20.4. The van der Waals surface area contributed by atoms with Gasteiger partial charge >= 0.3 is 0 Å². The lowest BCUT2D eigenvalue weighted by molar-refractivity contribution is -0.134. The number of guanidine groups is 1. The SMILES string of the molecule is CCCOc1cc(C)ccc1CNC(=NC)NCCC(=O)N1CCCCC1C. The number of amides is 1. The monoisotopic (exact) mass is 388 g/mol. The third-order valence-corrected chi connectivity index (χ3v) is 5.11. The molecule has 1 aromatic rings. The first kappa shape index (κ1) is 22.1. The van der Waals surface area contributed by atoms with Gasteiger partial charge in [-0.15, -0.1) is 0 Å². The molecule has 156 valence electrons. The molecule has 0 aromatic heterocycles. The molecule has 2 rings (SSSR count). The van der Waals surface area contributed by atoms with Crippen molar-refractivity contribution in [1.29, 1.82) is 0 Å². The standard InChI is InChI=1S/C22H36N4O2/c1-5-14-28-20-15-17(2)9-10-19(20)16-25-22(23-4)24-12-11-21(27)26-13-7-6-8-18(26)3/h9-10,15,18H,5-8,11-14,16H2,1-4H3,(H2,23,24,25). The number of carbonyl (C=O) groups is 1. The summed E-state index contributed by atoms with van der Waals surface area (Å²) in [7, 11) is 1.74. The molecule has 1 atom stereocenters. The molecule has 2 N–H and O–H groups in total. The Kier molecular flexibility index (Phi) is 9.11. The normalized spacial score (nSPS) is 17.4. The third-order valence-electron chi connectivity index (χ3n) is 5.11. The highest BCUT2D eigenvalue weighted by atomic mass is 16.5. The van der Waals surface area contributed by atoms with Crippen molar-refractivity contribution in [2.45, 2.75) is 65.5 Å². The molecule has 1 saturated heterocycles. The first-order valence-corrected chi connectivity index (χ1v) is 10.5. The maximum absolute atomic E-state index is 12.4. The molecular formula is C22H36N4O2. The fourth-order valence-electron chi connectivity index (χ4n) is 3.45. The summed E-state index contributed by atoms with van der Waals surface area (Å²) in [5.74, 6) is 1.84. The van der Waals surface area contributed by atoms with Crippen LogP contribution < -0.4 is 15.4 Å². The second kappa shape index (κ2) is 11.6. The Morgan fingerprint density at radius 3 is 2.86 bits per heavy atom. The fraction of sp³-hybridized carbons (Fsp3) is 0.636. The first-order chi connectivity index (χ1) is 13.5. The van der Waals surface area contributed by atoms with Gasteiger partial charge < -0.3 is 20.3 Å². The molecule has 28 heavy (non-hydrogen) atoms. The van der Waals surface area contributed by atoms with Gasteiger partial charge in [0, 0.05) is 44.7 Å². The molecule has 0 spiro atoms. The van der Waals surface area contributed by atoms with Gasteiger partial charge in [-0.2, -0.15) is 0 Å². The van der Waals surface area contributed by atoms with E-state index in [1.54, 1.807) is 7.05 Å². The third kappa shape index (κ3) is 6.73. The van der Waals surface area contributed by atoms with Gasteiger partial charge in [-0.25, -0.2) is 0 Å². The number of aryl methyl sites for hydroxylation is 1. The van der Waals surface area contributed by atoms with Crippen molar-refractivity contribution in [3.8, 4) is 5.75 Å². The average molecular weight is 389 g/mol. The molecule has 0 saturated carbocycles. The summed E-state index contributed by atoms with van der Waals surface area (Å²) < 4.78 is 5.87. The van der Waals surface area contributed by atoms with Crippen LogP contribution in [0.25, 0.3) is 0 Å². The number of hydrogen-bond donors (Lipinski definition) is 2. The van der Waals surface area contributed by atoms with Gasteiger partial charge in [0.2, 0.25) is 5.91 Å². The molecule has 0 aliphatic carbocycles. The first-order valence-electron chi connectivity index (χ1n) is 10.5. The van der Waals surface area contributed by atoms with Gasteiger partial charge in [-0.05, 0) is 51.2 Å². The summed E-state index contributed by atoms with van der Waals surface area (Å²) in [6, 6.07) is 6.61. The maximum atomic E-state index is 12.4. The van der Waals surface area contributed by atoms with Crippen LogP contribution in [0, 0.1) is 6.92 Å². The lowest BCUT2D eigenvalue weighted by Gasteiger charge is -2.33. The number of nitrogens with one attached hydrogen (secondary N) is 2. The van der Waals surface area contributed by atoms with Crippen molar-refractivity contribution in [3.63, 3.8) is 0 Å². The second-order valence-corrected chi connectivity index (χ2v) is 7.49. The van der Waals surface area contributed by atoms with Crippen molar-refractivity contribution >= 4 is 11.9 Å².